The van der Waals surface area contributed by atoms with Crippen LogP contribution >= 0.6 is 0 Å². The molecular weight excluding hydrogens is 231 g/mol. The fourth-order valence-electron chi connectivity index (χ4n) is 1.43. The Morgan fingerprint density at radius 3 is 2.67 bits per heavy atom. The molecule has 0 radical (unpaired) electrons. The van der Waals surface area contributed by atoms with Crippen molar-refractivity contribution in [3.05, 3.63) is 59.9 Å². The molecule has 18 heavy (non-hydrogen) atoms. The molecule has 0 aliphatic rings. The van der Waals surface area contributed by atoms with Gasteiger partial charge in [-0.05, 0) is 42.0 Å². The van der Waals surface area contributed by atoms with Crippen molar-refractivity contribution in [3.8, 4) is 5.75 Å². The van der Waals surface area contributed by atoms with E-state index in [4.69, 9.17) is 4.74 Å². The second kappa shape index (κ2) is 5.82. The third-order valence-electron chi connectivity index (χ3n) is 2.35. The first-order valence-corrected chi connectivity index (χ1v) is 5.46. The van der Waals surface area contributed by atoms with Gasteiger partial charge < -0.3 is 4.74 Å². The average Bonchev–Trinajstić information content (AvgIpc) is 2.41. The second-order valence-electron chi connectivity index (χ2n) is 3.65. The standard InChI is InChI=1S/C14H13FN2O/c1-18-14-4-2-3-11(9-14)10-16-17-13-7-5-12(15)6-8-13/h2-10,17H,1H3/b16-10+. The Kier molecular flexibility index (Phi) is 3.91. The fraction of sp³-hybridized carbons (Fsp3) is 0.0714. The largest absolute Gasteiger partial charge is 0.497 e. The SMILES string of the molecule is COc1cccc(/C=N/Nc2ccc(F)cc2)c1. The van der Waals surface area contributed by atoms with Crippen molar-refractivity contribution < 1.29 is 9.13 Å². The number of ether oxygens (including phenoxy) is 1. The zero-order chi connectivity index (χ0) is 12.8. The fourth-order valence-corrected chi connectivity index (χ4v) is 1.43. The molecule has 0 atom stereocenters. The van der Waals surface area contributed by atoms with E-state index in [1.807, 2.05) is 24.3 Å². The summed E-state index contributed by atoms with van der Waals surface area (Å²) < 4.78 is 17.8. The number of hydrogen-bond donors (Lipinski definition) is 1. The van der Waals surface area contributed by atoms with Crippen LogP contribution in [-0.4, -0.2) is 13.3 Å². The van der Waals surface area contributed by atoms with E-state index in [9.17, 15) is 4.39 Å². The van der Waals surface area contributed by atoms with Crippen LogP contribution in [0.5, 0.6) is 5.75 Å². The Morgan fingerprint density at radius 1 is 1.17 bits per heavy atom. The molecule has 0 aliphatic heterocycles. The minimum absolute atomic E-state index is 0.266. The van der Waals surface area contributed by atoms with Gasteiger partial charge in [-0.15, -0.1) is 0 Å². The minimum Gasteiger partial charge on any atom is -0.497 e. The molecule has 4 heteroatoms. The Balaban J connectivity index is 2.00. The number of benzene rings is 2. The number of hydrazone groups is 1. The summed E-state index contributed by atoms with van der Waals surface area (Å²) in [5.41, 5.74) is 4.47. The summed E-state index contributed by atoms with van der Waals surface area (Å²) in [6.45, 7) is 0. The normalized spacial score (nSPS) is 10.6. The molecule has 0 unspecified atom stereocenters. The molecule has 0 aromatic heterocycles. The van der Waals surface area contributed by atoms with Crippen LogP contribution in [0.4, 0.5) is 10.1 Å². The lowest BCUT2D eigenvalue weighted by atomic mass is 10.2. The molecule has 0 saturated carbocycles. The number of hydrogen-bond acceptors (Lipinski definition) is 3. The van der Waals surface area contributed by atoms with Crippen molar-refractivity contribution in [3.63, 3.8) is 0 Å². The van der Waals surface area contributed by atoms with Gasteiger partial charge in [0.1, 0.15) is 11.6 Å². The first-order chi connectivity index (χ1) is 8.78. The Labute approximate surface area is 105 Å². The molecule has 3 nitrogen and oxygen atoms in total. The predicted octanol–water partition coefficient (Wildman–Crippen LogP) is 3.28. The molecule has 0 amide bonds. The first kappa shape index (κ1) is 12.1. The predicted molar refractivity (Wildman–Crippen MR) is 70.6 cm³/mol. The lowest BCUT2D eigenvalue weighted by molar-refractivity contribution is 0.415. The molecule has 0 saturated heterocycles. The van der Waals surface area contributed by atoms with Crippen LogP contribution in [0.2, 0.25) is 0 Å². The van der Waals surface area contributed by atoms with Crippen LogP contribution in [-0.2, 0) is 0 Å². The highest BCUT2D eigenvalue weighted by atomic mass is 19.1. The van der Waals surface area contributed by atoms with Crippen molar-refractivity contribution in [2.45, 2.75) is 0 Å². The highest BCUT2D eigenvalue weighted by Crippen LogP contribution is 2.11. The van der Waals surface area contributed by atoms with Crippen LogP contribution < -0.4 is 10.2 Å². The third kappa shape index (κ3) is 3.31. The van der Waals surface area contributed by atoms with Crippen LogP contribution in [0.25, 0.3) is 0 Å². The van der Waals surface area contributed by atoms with E-state index in [1.54, 1.807) is 25.5 Å². The van der Waals surface area contributed by atoms with Gasteiger partial charge in [-0.3, -0.25) is 5.43 Å². The van der Waals surface area contributed by atoms with E-state index in [0.717, 1.165) is 17.0 Å². The summed E-state index contributed by atoms with van der Waals surface area (Å²) in [6, 6.07) is 13.5. The lowest BCUT2D eigenvalue weighted by Crippen LogP contribution is -1.91. The number of nitrogens with one attached hydrogen (secondary N) is 1. The number of rotatable bonds is 4. The monoisotopic (exact) mass is 244 g/mol. The van der Waals surface area contributed by atoms with Crippen molar-refractivity contribution >= 4 is 11.9 Å². The third-order valence-corrected chi connectivity index (χ3v) is 2.35. The zero-order valence-corrected chi connectivity index (χ0v) is 9.93. The van der Waals surface area contributed by atoms with E-state index in [1.165, 1.54) is 12.1 Å². The van der Waals surface area contributed by atoms with Crippen LogP contribution in [0.15, 0.2) is 53.6 Å². The minimum atomic E-state index is -0.266. The van der Waals surface area contributed by atoms with Crippen molar-refractivity contribution in [1.29, 1.82) is 0 Å². The van der Waals surface area contributed by atoms with Crippen molar-refractivity contribution in [2.24, 2.45) is 5.10 Å². The summed E-state index contributed by atoms with van der Waals surface area (Å²) in [4.78, 5) is 0. The molecule has 1 N–H and O–H groups in total. The molecular formula is C14H13FN2O. The number of methoxy groups -OCH3 is 1. The average molecular weight is 244 g/mol. The summed E-state index contributed by atoms with van der Waals surface area (Å²) >= 11 is 0. The van der Waals surface area contributed by atoms with E-state index in [2.05, 4.69) is 10.5 Å². The van der Waals surface area contributed by atoms with Gasteiger partial charge in [-0.2, -0.15) is 5.10 Å². The van der Waals surface area contributed by atoms with Gasteiger partial charge in [0.25, 0.3) is 0 Å². The highest BCUT2D eigenvalue weighted by Gasteiger charge is 1.93. The van der Waals surface area contributed by atoms with Crippen molar-refractivity contribution in [1.82, 2.24) is 0 Å². The van der Waals surface area contributed by atoms with Gasteiger partial charge in [0.2, 0.25) is 0 Å². The molecule has 92 valence electrons. The number of anilines is 1. The Hall–Kier alpha value is -2.36. The van der Waals surface area contributed by atoms with E-state index in [-0.39, 0.29) is 5.82 Å². The Morgan fingerprint density at radius 2 is 1.94 bits per heavy atom. The molecule has 2 aromatic carbocycles. The number of halogens is 1. The lowest BCUT2D eigenvalue weighted by Gasteiger charge is -2.01. The Bertz CT molecular complexity index is 538. The van der Waals surface area contributed by atoms with Gasteiger partial charge in [-0.25, -0.2) is 4.39 Å². The topological polar surface area (TPSA) is 33.6 Å². The smallest absolute Gasteiger partial charge is 0.123 e. The molecule has 2 rings (SSSR count). The summed E-state index contributed by atoms with van der Waals surface area (Å²) in [5.74, 6) is 0.512. The van der Waals surface area contributed by atoms with E-state index >= 15 is 0 Å². The van der Waals surface area contributed by atoms with Crippen LogP contribution in [0, 0.1) is 5.82 Å². The maximum absolute atomic E-state index is 12.7. The zero-order valence-electron chi connectivity index (χ0n) is 9.93. The summed E-state index contributed by atoms with van der Waals surface area (Å²) in [6.07, 6.45) is 1.67. The summed E-state index contributed by atoms with van der Waals surface area (Å²) in [7, 11) is 1.62. The maximum atomic E-state index is 12.7. The van der Waals surface area contributed by atoms with E-state index in [0.29, 0.717) is 0 Å². The van der Waals surface area contributed by atoms with Crippen LogP contribution in [0.3, 0.4) is 0 Å². The molecule has 2 aromatic rings. The van der Waals surface area contributed by atoms with Crippen LogP contribution in [0.1, 0.15) is 5.56 Å². The van der Waals surface area contributed by atoms with Gasteiger partial charge in [0, 0.05) is 0 Å². The first-order valence-electron chi connectivity index (χ1n) is 5.46. The van der Waals surface area contributed by atoms with Gasteiger partial charge in [-0.1, -0.05) is 12.1 Å². The second-order valence-corrected chi connectivity index (χ2v) is 3.65. The highest BCUT2D eigenvalue weighted by molar-refractivity contribution is 5.80. The molecule has 0 heterocycles. The van der Waals surface area contributed by atoms with Gasteiger partial charge in [0.15, 0.2) is 0 Å². The number of nitrogens with zero attached hydrogens (tertiary/aromatic N) is 1. The van der Waals surface area contributed by atoms with Gasteiger partial charge >= 0.3 is 0 Å². The molecule has 0 spiro atoms. The quantitative estimate of drug-likeness (QED) is 0.661. The molecule has 0 bridgehead atoms. The van der Waals surface area contributed by atoms with E-state index < -0.39 is 0 Å². The van der Waals surface area contributed by atoms with Gasteiger partial charge in [0.05, 0.1) is 19.0 Å². The maximum Gasteiger partial charge on any atom is 0.123 e. The summed E-state index contributed by atoms with van der Waals surface area (Å²) in [5, 5.41) is 4.06. The molecule has 0 aliphatic carbocycles. The van der Waals surface area contributed by atoms with Crippen molar-refractivity contribution in [2.75, 3.05) is 12.5 Å². The molecule has 0 fully saturated rings.